The second-order valence-electron chi connectivity index (χ2n) is 8.05. The Labute approximate surface area is 187 Å². The summed E-state index contributed by atoms with van der Waals surface area (Å²) in [6.07, 6.45) is 0. The number of aryl methyl sites for hydroxylation is 2. The summed E-state index contributed by atoms with van der Waals surface area (Å²) in [5.41, 5.74) is 2.28. The fourth-order valence-corrected chi connectivity index (χ4v) is 4.12. The molecule has 0 aliphatic carbocycles. The van der Waals surface area contributed by atoms with Gasteiger partial charge in [-0.05, 0) is 34.0 Å². The van der Waals surface area contributed by atoms with Crippen LogP contribution < -0.4 is 9.47 Å². The van der Waals surface area contributed by atoms with Gasteiger partial charge in [-0.3, -0.25) is 14.3 Å². The average molecular weight is 443 g/mol. The highest BCUT2D eigenvalue weighted by atomic mass is 16.5. The van der Waals surface area contributed by atoms with E-state index < -0.39 is 17.7 Å². The minimum absolute atomic E-state index is 0.0134. The summed E-state index contributed by atoms with van der Waals surface area (Å²) >= 11 is 0. The smallest absolute Gasteiger partial charge is 0.295 e. The third kappa shape index (κ3) is 3.84. The quantitative estimate of drug-likeness (QED) is 0.398. The first-order valence-electron chi connectivity index (χ1n) is 10.3. The number of ketones is 1. The molecule has 1 saturated heterocycles. The van der Waals surface area contributed by atoms with Gasteiger partial charge < -0.3 is 24.4 Å². The number of carbonyl (C=O) groups excluding carboxylic acids is 2. The molecule has 1 aromatic carbocycles. The van der Waals surface area contributed by atoms with Crippen molar-refractivity contribution < 1.29 is 24.2 Å². The number of aliphatic hydroxyl groups excluding tert-OH is 1. The molecule has 0 radical (unpaired) electrons. The van der Waals surface area contributed by atoms with E-state index in [1.165, 1.54) is 19.1 Å². The highest BCUT2D eigenvalue weighted by molar-refractivity contribution is 6.46. The Bertz CT molecular complexity index is 1090. The van der Waals surface area contributed by atoms with Gasteiger partial charge >= 0.3 is 0 Å². The Morgan fingerprint density at radius 1 is 1.19 bits per heavy atom. The molecular formula is C23H30N4O5. The van der Waals surface area contributed by atoms with Gasteiger partial charge in [0.25, 0.3) is 11.7 Å². The zero-order valence-corrected chi connectivity index (χ0v) is 19.6. The number of para-hydroxylation sites is 1. The molecular weight excluding hydrogens is 412 g/mol. The number of benzene rings is 1. The molecule has 3 rings (SSSR count). The van der Waals surface area contributed by atoms with Gasteiger partial charge in [0.2, 0.25) is 0 Å². The minimum Gasteiger partial charge on any atom is -0.507 e. The minimum atomic E-state index is -0.834. The third-order valence-corrected chi connectivity index (χ3v) is 5.80. The van der Waals surface area contributed by atoms with E-state index in [-0.39, 0.29) is 11.3 Å². The van der Waals surface area contributed by atoms with E-state index in [4.69, 9.17) is 9.47 Å². The molecule has 0 unspecified atom stereocenters. The van der Waals surface area contributed by atoms with Crippen molar-refractivity contribution in [3.63, 3.8) is 0 Å². The first kappa shape index (κ1) is 23.3. The number of Topliss-reactive ketones (excluding diaryl/α,β-unsaturated/α-hetero) is 1. The number of nitrogens with zero attached hydrogens (tertiary/aromatic N) is 4. The van der Waals surface area contributed by atoms with Crippen molar-refractivity contribution in [2.45, 2.75) is 19.9 Å². The molecule has 32 heavy (non-hydrogen) atoms. The van der Waals surface area contributed by atoms with Crippen LogP contribution in [0.5, 0.6) is 11.5 Å². The van der Waals surface area contributed by atoms with Crippen LogP contribution in [-0.2, 0) is 16.6 Å². The van der Waals surface area contributed by atoms with E-state index >= 15 is 0 Å². The number of amides is 1. The molecule has 1 fully saturated rings. The number of likely N-dealkylation sites (tertiary alicyclic amines) is 1. The summed E-state index contributed by atoms with van der Waals surface area (Å²) in [6, 6.07) is 4.45. The first-order chi connectivity index (χ1) is 15.1. The highest BCUT2D eigenvalue weighted by Gasteiger charge is 2.47. The molecule has 1 atom stereocenters. The third-order valence-electron chi connectivity index (χ3n) is 5.80. The number of carbonyl (C=O) groups is 2. The molecule has 1 aliphatic rings. The van der Waals surface area contributed by atoms with Gasteiger partial charge in [0.05, 0.1) is 37.1 Å². The second kappa shape index (κ2) is 9.04. The number of hydrogen-bond acceptors (Lipinski definition) is 7. The Hall–Kier alpha value is -3.33. The number of aliphatic hydroxyl groups is 1. The molecule has 2 aromatic rings. The van der Waals surface area contributed by atoms with Gasteiger partial charge in [0, 0.05) is 31.4 Å². The van der Waals surface area contributed by atoms with Gasteiger partial charge in [-0.2, -0.15) is 5.10 Å². The summed E-state index contributed by atoms with van der Waals surface area (Å²) < 4.78 is 12.7. The van der Waals surface area contributed by atoms with Crippen molar-refractivity contribution >= 4 is 17.4 Å². The van der Waals surface area contributed by atoms with Gasteiger partial charge in [0.15, 0.2) is 11.5 Å². The number of methoxy groups -OCH3 is 2. The van der Waals surface area contributed by atoms with Crippen molar-refractivity contribution in [1.29, 1.82) is 0 Å². The van der Waals surface area contributed by atoms with Crippen molar-refractivity contribution in [3.05, 3.63) is 46.3 Å². The standard InChI is InChI=1S/C23H30N4O5/c1-13-17(14(2)26(5)24-13)20(28)18-19(15-9-8-10-16(31-6)22(15)32-7)27(12-11-25(3)4)23(30)21(18)29/h8-10,19,28H,11-12H2,1-7H3/t19-/m1/s1. The monoisotopic (exact) mass is 442 g/mol. The zero-order valence-electron chi connectivity index (χ0n) is 19.6. The normalized spacial score (nSPS) is 18.0. The molecule has 0 spiro atoms. The molecule has 0 bridgehead atoms. The van der Waals surface area contributed by atoms with Crippen LogP contribution in [0.15, 0.2) is 23.8 Å². The predicted molar refractivity (Wildman–Crippen MR) is 120 cm³/mol. The first-order valence-corrected chi connectivity index (χ1v) is 10.3. The molecule has 9 nitrogen and oxygen atoms in total. The fraction of sp³-hybridized carbons (Fsp3) is 0.435. The lowest BCUT2D eigenvalue weighted by atomic mass is 9.93. The van der Waals surface area contributed by atoms with Gasteiger partial charge in [0.1, 0.15) is 5.76 Å². The number of rotatable bonds is 7. The molecule has 9 heteroatoms. The lowest BCUT2D eigenvalue weighted by molar-refractivity contribution is -0.140. The molecule has 1 aliphatic heterocycles. The Kier molecular flexibility index (Phi) is 6.59. The van der Waals surface area contributed by atoms with Crippen molar-refractivity contribution in [2.24, 2.45) is 7.05 Å². The summed E-state index contributed by atoms with van der Waals surface area (Å²) in [4.78, 5) is 29.7. The van der Waals surface area contributed by atoms with Crippen molar-refractivity contribution in [1.82, 2.24) is 19.6 Å². The maximum Gasteiger partial charge on any atom is 0.295 e. The topological polar surface area (TPSA) is 97.1 Å². The SMILES string of the molecule is COc1cccc([C@@H]2C(=C(O)c3c(C)nn(C)c3C)C(=O)C(=O)N2CCN(C)C)c1OC. The van der Waals surface area contributed by atoms with Crippen LogP contribution in [-0.4, -0.2) is 77.8 Å². The zero-order chi connectivity index (χ0) is 23.7. The van der Waals surface area contributed by atoms with Crippen LogP contribution in [0.2, 0.25) is 0 Å². The van der Waals surface area contributed by atoms with Crippen LogP contribution in [0.1, 0.15) is 28.6 Å². The summed E-state index contributed by atoms with van der Waals surface area (Å²) in [7, 11) is 8.56. The van der Waals surface area contributed by atoms with Crippen LogP contribution in [0, 0.1) is 13.8 Å². The maximum absolute atomic E-state index is 13.2. The summed E-state index contributed by atoms with van der Waals surface area (Å²) in [6.45, 7) is 4.40. The van der Waals surface area contributed by atoms with Crippen molar-refractivity contribution in [2.75, 3.05) is 41.4 Å². The Balaban J connectivity index is 2.30. The summed E-state index contributed by atoms with van der Waals surface area (Å²) in [5, 5.41) is 15.7. The number of aromatic nitrogens is 2. The van der Waals surface area contributed by atoms with Gasteiger partial charge in [-0.25, -0.2) is 0 Å². The lowest BCUT2D eigenvalue weighted by Crippen LogP contribution is -2.35. The molecule has 1 amide bonds. The van der Waals surface area contributed by atoms with Crippen molar-refractivity contribution in [3.8, 4) is 11.5 Å². The van der Waals surface area contributed by atoms with Gasteiger partial charge in [-0.1, -0.05) is 12.1 Å². The molecule has 1 aromatic heterocycles. The van der Waals surface area contributed by atoms with E-state index in [9.17, 15) is 14.7 Å². The van der Waals surface area contributed by atoms with E-state index in [2.05, 4.69) is 5.10 Å². The molecule has 2 heterocycles. The lowest BCUT2D eigenvalue weighted by Gasteiger charge is -2.28. The molecule has 0 saturated carbocycles. The Morgan fingerprint density at radius 3 is 2.41 bits per heavy atom. The summed E-state index contributed by atoms with van der Waals surface area (Å²) in [5.74, 6) is -0.769. The highest BCUT2D eigenvalue weighted by Crippen LogP contribution is 2.45. The Morgan fingerprint density at radius 2 is 1.88 bits per heavy atom. The van der Waals surface area contributed by atoms with Crippen LogP contribution in [0.4, 0.5) is 0 Å². The maximum atomic E-state index is 13.2. The predicted octanol–water partition coefficient (Wildman–Crippen LogP) is 2.04. The van der Waals surface area contributed by atoms with Gasteiger partial charge in [-0.15, -0.1) is 0 Å². The average Bonchev–Trinajstić information content (AvgIpc) is 3.16. The van der Waals surface area contributed by atoms with Crippen LogP contribution >= 0.6 is 0 Å². The van der Waals surface area contributed by atoms with Crippen LogP contribution in [0.3, 0.4) is 0 Å². The van der Waals surface area contributed by atoms with E-state index in [1.807, 2.05) is 19.0 Å². The molecule has 1 N–H and O–H groups in total. The number of likely N-dealkylation sites (N-methyl/N-ethyl adjacent to an activating group) is 1. The van der Waals surface area contributed by atoms with E-state index in [1.54, 1.807) is 43.8 Å². The van der Waals surface area contributed by atoms with E-state index in [0.29, 0.717) is 47.1 Å². The number of hydrogen-bond donors (Lipinski definition) is 1. The second-order valence-corrected chi connectivity index (χ2v) is 8.05. The fourth-order valence-electron chi connectivity index (χ4n) is 4.12. The van der Waals surface area contributed by atoms with Crippen LogP contribution in [0.25, 0.3) is 5.76 Å². The molecule has 172 valence electrons. The largest absolute Gasteiger partial charge is 0.507 e. The number of ether oxygens (including phenoxy) is 2. The van der Waals surface area contributed by atoms with E-state index in [0.717, 1.165) is 0 Å².